The first kappa shape index (κ1) is 20.7. The quantitative estimate of drug-likeness (QED) is 0.320. The summed E-state index contributed by atoms with van der Waals surface area (Å²) >= 11 is 7.04. The first-order valence-electron chi connectivity index (χ1n) is 7.86. The number of nitrogens with one attached hydrogen (secondary N) is 1. The van der Waals surface area contributed by atoms with Gasteiger partial charge in [-0.15, -0.1) is 11.8 Å². The molecule has 142 valence electrons. The zero-order chi connectivity index (χ0) is 20.0. The molecule has 1 amide bonds. The summed E-state index contributed by atoms with van der Waals surface area (Å²) in [7, 11) is 0. The van der Waals surface area contributed by atoms with Crippen LogP contribution in [0.2, 0.25) is 5.02 Å². The molecule has 2 rings (SSSR count). The average molecular weight is 409 g/mol. The Morgan fingerprint density at radius 3 is 2.48 bits per heavy atom. The molecule has 0 aliphatic rings. The number of thioether (sulfide) groups is 1. The lowest BCUT2D eigenvalue weighted by Gasteiger charge is -2.11. The maximum Gasteiger partial charge on any atom is 0.316 e. The second-order valence-electron chi connectivity index (χ2n) is 5.61. The molecule has 0 heterocycles. The summed E-state index contributed by atoms with van der Waals surface area (Å²) in [5.41, 5.74) is 1.28. The summed E-state index contributed by atoms with van der Waals surface area (Å²) in [6.07, 6.45) is 0. The largest absolute Gasteiger partial charge is 0.455 e. The van der Waals surface area contributed by atoms with Gasteiger partial charge in [0.2, 0.25) is 0 Å². The molecule has 9 heteroatoms. The van der Waals surface area contributed by atoms with Gasteiger partial charge in [-0.25, -0.2) is 0 Å². The van der Waals surface area contributed by atoms with Crippen molar-refractivity contribution in [2.45, 2.75) is 18.7 Å². The van der Waals surface area contributed by atoms with Crippen molar-refractivity contribution in [2.24, 2.45) is 0 Å². The van der Waals surface area contributed by atoms with Gasteiger partial charge in [0, 0.05) is 16.0 Å². The zero-order valence-corrected chi connectivity index (χ0v) is 16.2. The summed E-state index contributed by atoms with van der Waals surface area (Å²) in [5, 5.41) is 14.2. The monoisotopic (exact) mass is 408 g/mol. The minimum absolute atomic E-state index is 0.0263. The molecule has 0 aliphatic carbocycles. The van der Waals surface area contributed by atoms with E-state index in [9.17, 15) is 19.7 Å². The number of nitro groups is 1. The standard InChI is InChI=1S/C18H17ClN2O5S/c1-11-3-8-15(21(24)25)18(12(11)2)20-16(22)9-26-17(23)10-27-14-6-4-13(19)5-7-14/h3-8H,9-10H2,1-2H3,(H,20,22). The molecule has 7 nitrogen and oxygen atoms in total. The number of carbonyl (C=O) groups is 2. The lowest BCUT2D eigenvalue weighted by Crippen LogP contribution is -2.22. The topological polar surface area (TPSA) is 98.5 Å². The van der Waals surface area contributed by atoms with E-state index in [1.165, 1.54) is 17.8 Å². The van der Waals surface area contributed by atoms with Gasteiger partial charge in [0.05, 0.1) is 10.7 Å². The number of ether oxygens (including phenoxy) is 1. The summed E-state index contributed by atoms with van der Waals surface area (Å²) in [6.45, 7) is 2.93. The number of rotatable bonds is 7. The van der Waals surface area contributed by atoms with E-state index < -0.39 is 23.4 Å². The number of carbonyl (C=O) groups excluding carboxylic acids is 2. The highest BCUT2D eigenvalue weighted by Crippen LogP contribution is 2.30. The molecule has 1 N–H and O–H groups in total. The molecule has 0 unspecified atom stereocenters. The second-order valence-corrected chi connectivity index (χ2v) is 7.10. The van der Waals surface area contributed by atoms with Crippen LogP contribution < -0.4 is 5.32 Å². The predicted octanol–water partition coefficient (Wildman–Crippen LogP) is 4.14. The van der Waals surface area contributed by atoms with E-state index in [0.717, 1.165) is 10.5 Å². The van der Waals surface area contributed by atoms with Gasteiger partial charge in [0.15, 0.2) is 6.61 Å². The Hall–Kier alpha value is -2.58. The number of benzene rings is 2. The van der Waals surface area contributed by atoms with E-state index >= 15 is 0 Å². The summed E-state index contributed by atoms with van der Waals surface area (Å²) < 4.78 is 4.92. The smallest absolute Gasteiger partial charge is 0.316 e. The van der Waals surface area contributed by atoms with Crippen LogP contribution in [0.4, 0.5) is 11.4 Å². The van der Waals surface area contributed by atoms with Gasteiger partial charge in [-0.1, -0.05) is 17.7 Å². The Morgan fingerprint density at radius 1 is 1.19 bits per heavy atom. The Bertz CT molecular complexity index is 871. The van der Waals surface area contributed by atoms with Crippen LogP contribution in [0, 0.1) is 24.0 Å². The third-order valence-corrected chi connectivity index (χ3v) is 4.95. The van der Waals surface area contributed by atoms with Crippen LogP contribution in [0.25, 0.3) is 0 Å². The van der Waals surface area contributed by atoms with Gasteiger partial charge >= 0.3 is 5.97 Å². The molecular formula is C18H17ClN2O5S. The molecule has 0 saturated heterocycles. The summed E-state index contributed by atoms with van der Waals surface area (Å²) in [6, 6.07) is 9.89. The number of aryl methyl sites for hydroxylation is 1. The van der Waals surface area contributed by atoms with Crippen molar-refractivity contribution in [1.29, 1.82) is 0 Å². The predicted molar refractivity (Wildman–Crippen MR) is 104 cm³/mol. The molecule has 0 spiro atoms. The Morgan fingerprint density at radius 2 is 1.85 bits per heavy atom. The summed E-state index contributed by atoms with van der Waals surface area (Å²) in [5.74, 6) is -1.18. The van der Waals surface area contributed by atoms with Gasteiger partial charge < -0.3 is 10.1 Å². The third kappa shape index (κ3) is 5.97. The van der Waals surface area contributed by atoms with Crippen molar-refractivity contribution < 1.29 is 19.2 Å². The highest BCUT2D eigenvalue weighted by molar-refractivity contribution is 8.00. The van der Waals surface area contributed by atoms with Gasteiger partial charge in [-0.2, -0.15) is 0 Å². The minimum Gasteiger partial charge on any atom is -0.455 e. The minimum atomic E-state index is -0.642. The molecule has 0 bridgehead atoms. The van der Waals surface area contributed by atoms with E-state index in [0.29, 0.717) is 10.6 Å². The molecule has 2 aromatic rings. The Balaban J connectivity index is 1.89. The van der Waals surface area contributed by atoms with Crippen molar-refractivity contribution in [2.75, 3.05) is 17.7 Å². The van der Waals surface area contributed by atoms with Crippen molar-refractivity contribution in [3.8, 4) is 0 Å². The number of halogens is 1. The number of nitrogens with zero attached hydrogens (tertiary/aromatic N) is 1. The van der Waals surface area contributed by atoms with E-state index in [4.69, 9.17) is 16.3 Å². The number of hydrogen-bond donors (Lipinski definition) is 1. The Labute approximate surface area is 165 Å². The lowest BCUT2D eigenvalue weighted by molar-refractivity contribution is -0.384. The lowest BCUT2D eigenvalue weighted by atomic mass is 10.1. The molecule has 0 radical (unpaired) electrons. The maximum atomic E-state index is 12.0. The zero-order valence-electron chi connectivity index (χ0n) is 14.7. The molecule has 0 saturated carbocycles. The second kappa shape index (κ2) is 9.38. The number of esters is 1. The van der Waals surface area contributed by atoms with Gasteiger partial charge in [-0.05, 0) is 49.2 Å². The summed E-state index contributed by atoms with van der Waals surface area (Å²) in [4.78, 5) is 35.2. The van der Waals surface area contributed by atoms with Crippen LogP contribution in [-0.4, -0.2) is 29.2 Å². The van der Waals surface area contributed by atoms with Crippen LogP contribution in [0.1, 0.15) is 11.1 Å². The SMILES string of the molecule is Cc1ccc([N+](=O)[O-])c(NC(=O)COC(=O)CSc2ccc(Cl)cc2)c1C. The number of anilines is 1. The van der Waals surface area contributed by atoms with Gasteiger partial charge in [0.25, 0.3) is 11.6 Å². The molecule has 27 heavy (non-hydrogen) atoms. The molecule has 0 atom stereocenters. The van der Waals surface area contributed by atoms with Crippen LogP contribution in [0.3, 0.4) is 0 Å². The van der Waals surface area contributed by atoms with E-state index in [-0.39, 0.29) is 17.1 Å². The van der Waals surface area contributed by atoms with Gasteiger partial charge in [-0.3, -0.25) is 19.7 Å². The maximum absolute atomic E-state index is 12.0. The fourth-order valence-electron chi connectivity index (χ4n) is 2.15. The molecule has 0 aromatic heterocycles. The molecule has 0 fully saturated rings. The average Bonchev–Trinajstić information content (AvgIpc) is 2.63. The van der Waals surface area contributed by atoms with Crippen LogP contribution in [-0.2, 0) is 14.3 Å². The van der Waals surface area contributed by atoms with Crippen molar-refractivity contribution in [1.82, 2.24) is 0 Å². The van der Waals surface area contributed by atoms with Crippen LogP contribution >= 0.6 is 23.4 Å². The first-order chi connectivity index (χ1) is 12.8. The normalized spacial score (nSPS) is 10.3. The number of nitro benzene ring substituents is 1. The molecule has 0 aliphatic heterocycles. The fraction of sp³-hybridized carbons (Fsp3) is 0.222. The van der Waals surface area contributed by atoms with Gasteiger partial charge in [0.1, 0.15) is 5.69 Å². The highest BCUT2D eigenvalue weighted by atomic mass is 35.5. The van der Waals surface area contributed by atoms with E-state index in [1.807, 2.05) is 0 Å². The first-order valence-corrected chi connectivity index (χ1v) is 9.22. The van der Waals surface area contributed by atoms with E-state index in [1.54, 1.807) is 44.2 Å². The highest BCUT2D eigenvalue weighted by Gasteiger charge is 2.20. The van der Waals surface area contributed by atoms with Crippen LogP contribution in [0.15, 0.2) is 41.3 Å². The fourth-order valence-corrected chi connectivity index (χ4v) is 2.97. The van der Waals surface area contributed by atoms with Crippen molar-refractivity contribution in [3.05, 3.63) is 62.7 Å². The number of hydrogen-bond acceptors (Lipinski definition) is 6. The third-order valence-electron chi connectivity index (χ3n) is 3.71. The van der Waals surface area contributed by atoms with Crippen molar-refractivity contribution in [3.63, 3.8) is 0 Å². The van der Waals surface area contributed by atoms with E-state index in [2.05, 4.69) is 5.32 Å². The number of amides is 1. The van der Waals surface area contributed by atoms with Crippen molar-refractivity contribution >= 4 is 46.6 Å². The van der Waals surface area contributed by atoms with Crippen LogP contribution in [0.5, 0.6) is 0 Å². The molecular weight excluding hydrogens is 392 g/mol. The Kier molecular flexibility index (Phi) is 7.20. The molecule has 2 aromatic carbocycles.